The lowest BCUT2D eigenvalue weighted by molar-refractivity contribution is -0.132. The Kier molecular flexibility index (Phi) is 11.5. The van der Waals surface area contributed by atoms with Gasteiger partial charge in [0.05, 0.1) is 22.5 Å². The topological polar surface area (TPSA) is 222 Å². The van der Waals surface area contributed by atoms with E-state index in [2.05, 4.69) is 38.5 Å². The number of rotatable bonds is 14. The fourth-order valence-electron chi connectivity index (χ4n) is 4.58. The third kappa shape index (κ3) is 9.65. The van der Waals surface area contributed by atoms with Crippen LogP contribution in [0.4, 0.5) is 0 Å². The number of aromatic nitrogens is 2. The number of thiol groups is 1. The summed E-state index contributed by atoms with van der Waals surface area (Å²) >= 11 is 4.39. The van der Waals surface area contributed by atoms with Gasteiger partial charge in [0.15, 0.2) is 0 Å². The van der Waals surface area contributed by atoms with E-state index in [1.165, 1.54) is 48.9 Å². The molecule has 2 unspecified atom stereocenters. The minimum absolute atomic E-state index is 0.00307. The lowest BCUT2D eigenvalue weighted by Gasteiger charge is -2.26. The van der Waals surface area contributed by atoms with Crippen LogP contribution >= 0.6 is 12.6 Å². The Morgan fingerprint density at radius 1 is 0.870 bits per heavy atom. The van der Waals surface area contributed by atoms with Gasteiger partial charge in [-0.1, -0.05) is 54.6 Å². The molecule has 1 aromatic heterocycles. The summed E-state index contributed by atoms with van der Waals surface area (Å²) in [6.07, 6.45) is 3.08. The predicted octanol–water partition coefficient (Wildman–Crippen LogP) is 0.832. The maximum absolute atomic E-state index is 13.8. The Hall–Kier alpha value is -4.70. The van der Waals surface area contributed by atoms with Crippen LogP contribution < -0.4 is 26.8 Å². The highest BCUT2D eigenvalue weighted by Gasteiger charge is 2.31. The maximum Gasteiger partial charge on any atom is 0.243 e. The minimum atomic E-state index is -4.02. The highest BCUT2D eigenvalue weighted by atomic mass is 32.2. The first-order valence-corrected chi connectivity index (χ1v) is 16.2. The van der Waals surface area contributed by atoms with Gasteiger partial charge < -0.3 is 31.8 Å². The summed E-state index contributed by atoms with van der Waals surface area (Å²) in [6.45, 7) is 0.231. The molecule has 46 heavy (non-hydrogen) atoms. The minimum Gasteiger partial charge on any atom is -0.508 e. The SMILES string of the molecule is N[C@H](c1cccc(S(N)(=O)=O)c1)[C@H](S)C(=O)NC(Cc1ccc(O)cc1)C(=O)NC(Cc1cnc[nH]1)C(=O)NCc1ccccc1. The number of primary sulfonamides is 1. The summed E-state index contributed by atoms with van der Waals surface area (Å²) in [5.74, 6) is -1.81. The van der Waals surface area contributed by atoms with Crippen LogP contribution in [0, 0.1) is 0 Å². The number of phenols is 1. The number of carbonyl (C=O) groups excluding carboxylic acids is 3. The molecule has 4 atom stereocenters. The van der Waals surface area contributed by atoms with Crippen LogP contribution in [0.1, 0.15) is 28.4 Å². The Balaban J connectivity index is 1.54. The van der Waals surface area contributed by atoms with Crippen LogP contribution in [0.2, 0.25) is 0 Å². The molecule has 0 spiro atoms. The molecule has 0 radical (unpaired) electrons. The lowest BCUT2D eigenvalue weighted by Crippen LogP contribution is -2.56. The average molecular weight is 666 g/mol. The summed E-state index contributed by atoms with van der Waals surface area (Å²) in [5.41, 5.74) is 8.65. The highest BCUT2D eigenvalue weighted by molar-refractivity contribution is 7.89. The number of carbonyl (C=O) groups is 3. The van der Waals surface area contributed by atoms with Crippen LogP contribution in [0.3, 0.4) is 0 Å². The zero-order valence-corrected chi connectivity index (χ0v) is 26.2. The van der Waals surface area contributed by atoms with Crippen LogP contribution in [0.5, 0.6) is 5.75 Å². The Labute approximate surface area is 271 Å². The molecule has 13 nitrogen and oxygen atoms in total. The predicted molar refractivity (Wildman–Crippen MR) is 174 cm³/mol. The number of nitrogens with zero attached hydrogens (tertiary/aromatic N) is 1. The van der Waals surface area contributed by atoms with E-state index in [9.17, 15) is 27.9 Å². The van der Waals surface area contributed by atoms with E-state index in [0.717, 1.165) is 5.56 Å². The van der Waals surface area contributed by atoms with Crippen molar-refractivity contribution in [1.29, 1.82) is 0 Å². The van der Waals surface area contributed by atoms with Gasteiger partial charge in [-0.2, -0.15) is 12.6 Å². The molecule has 0 fully saturated rings. The first-order chi connectivity index (χ1) is 21.9. The van der Waals surface area contributed by atoms with Gasteiger partial charge >= 0.3 is 0 Å². The van der Waals surface area contributed by atoms with Crippen molar-refractivity contribution in [1.82, 2.24) is 25.9 Å². The van der Waals surface area contributed by atoms with Gasteiger partial charge in [-0.25, -0.2) is 18.5 Å². The number of amides is 3. The van der Waals surface area contributed by atoms with E-state index in [0.29, 0.717) is 11.3 Å². The molecule has 0 saturated heterocycles. The summed E-state index contributed by atoms with van der Waals surface area (Å²) in [4.78, 5) is 47.2. The molecule has 4 aromatic rings. The van der Waals surface area contributed by atoms with Gasteiger partial charge in [0.25, 0.3) is 0 Å². The molecule has 0 aliphatic rings. The van der Waals surface area contributed by atoms with Gasteiger partial charge in [-0.05, 0) is 41.0 Å². The van der Waals surface area contributed by atoms with Crippen molar-refractivity contribution in [2.24, 2.45) is 10.9 Å². The van der Waals surface area contributed by atoms with Crippen molar-refractivity contribution >= 4 is 40.4 Å². The lowest BCUT2D eigenvalue weighted by atomic mass is 10.0. The Bertz CT molecular complexity index is 1740. The van der Waals surface area contributed by atoms with Gasteiger partial charge in [0, 0.05) is 31.3 Å². The number of benzene rings is 3. The van der Waals surface area contributed by atoms with E-state index in [1.54, 1.807) is 12.1 Å². The molecule has 4 rings (SSSR count). The average Bonchev–Trinajstić information content (AvgIpc) is 3.56. The number of imidazole rings is 1. The van der Waals surface area contributed by atoms with Crippen LogP contribution in [-0.4, -0.2) is 58.5 Å². The zero-order valence-electron chi connectivity index (χ0n) is 24.5. The van der Waals surface area contributed by atoms with Crippen molar-refractivity contribution < 1.29 is 27.9 Å². The molecule has 3 aromatic carbocycles. The summed E-state index contributed by atoms with van der Waals surface area (Å²) < 4.78 is 23.6. The number of hydrogen-bond donors (Lipinski definition) is 8. The third-order valence-electron chi connectivity index (χ3n) is 7.11. The standard InChI is InChI=1S/C31H35N7O6S2/c32-27(21-7-4-8-24(14-21)46(33,43)44)28(45)31(42)38-25(13-19-9-11-23(39)12-10-19)30(41)37-26(15-22-17-34-18-36-22)29(40)35-16-20-5-2-1-3-6-20/h1-12,14,17-18,25-28,39,45H,13,15-16,32H2,(H,34,36)(H,35,40)(H,37,41)(H,38,42)(H2,33,43,44)/t25?,26?,27-,28+/m1/s1. The molecular formula is C31H35N7O6S2. The second-order valence-corrected chi connectivity index (χ2v) is 12.7. The Morgan fingerprint density at radius 2 is 1.54 bits per heavy atom. The van der Waals surface area contributed by atoms with E-state index >= 15 is 0 Å². The molecule has 0 aliphatic carbocycles. The number of hydrogen-bond acceptors (Lipinski definition) is 9. The molecular weight excluding hydrogens is 631 g/mol. The van der Waals surface area contributed by atoms with Crippen LogP contribution in [0.15, 0.2) is 96.3 Å². The third-order valence-corrected chi connectivity index (χ3v) is 8.58. The first-order valence-electron chi connectivity index (χ1n) is 14.1. The number of nitrogens with one attached hydrogen (secondary N) is 4. The first kappa shape index (κ1) is 34.2. The second kappa shape index (κ2) is 15.5. The molecule has 1 heterocycles. The van der Waals surface area contributed by atoms with Gasteiger partial charge in [0.1, 0.15) is 17.8 Å². The van der Waals surface area contributed by atoms with Crippen molar-refractivity contribution in [2.45, 2.75) is 47.7 Å². The molecule has 0 saturated carbocycles. The number of nitrogens with two attached hydrogens (primary N) is 2. The van der Waals surface area contributed by atoms with Gasteiger partial charge in [0.2, 0.25) is 27.7 Å². The second-order valence-electron chi connectivity index (χ2n) is 10.6. The number of H-pyrrole nitrogens is 1. The fourth-order valence-corrected chi connectivity index (χ4v) is 5.40. The van der Waals surface area contributed by atoms with Crippen LogP contribution in [0.25, 0.3) is 0 Å². The van der Waals surface area contributed by atoms with E-state index in [-0.39, 0.29) is 35.6 Å². The van der Waals surface area contributed by atoms with Crippen molar-refractivity contribution in [3.05, 3.63) is 114 Å². The maximum atomic E-state index is 13.8. The van der Waals surface area contributed by atoms with Crippen molar-refractivity contribution in [2.75, 3.05) is 0 Å². The zero-order chi connectivity index (χ0) is 33.3. The van der Waals surface area contributed by atoms with Crippen molar-refractivity contribution in [3.8, 4) is 5.75 Å². The number of aromatic hydroxyl groups is 1. The smallest absolute Gasteiger partial charge is 0.243 e. The monoisotopic (exact) mass is 665 g/mol. The molecule has 0 bridgehead atoms. The van der Waals surface area contributed by atoms with Gasteiger partial charge in [-0.15, -0.1) is 0 Å². The number of aromatic amines is 1. The molecule has 3 amide bonds. The van der Waals surface area contributed by atoms with E-state index < -0.39 is 51.1 Å². The van der Waals surface area contributed by atoms with E-state index in [1.807, 2.05) is 30.3 Å². The summed E-state index contributed by atoms with van der Waals surface area (Å²) in [7, 11) is -4.02. The highest BCUT2D eigenvalue weighted by Crippen LogP contribution is 2.22. The molecule has 15 heteroatoms. The summed E-state index contributed by atoms with van der Waals surface area (Å²) in [6, 6.07) is 17.6. The van der Waals surface area contributed by atoms with Gasteiger partial charge in [-0.3, -0.25) is 14.4 Å². The fraction of sp³-hybridized carbons (Fsp3) is 0.226. The summed E-state index contributed by atoms with van der Waals surface area (Å²) in [5, 5.41) is 22.0. The number of sulfonamides is 1. The van der Waals surface area contributed by atoms with Crippen molar-refractivity contribution in [3.63, 3.8) is 0 Å². The van der Waals surface area contributed by atoms with Crippen LogP contribution in [-0.2, 0) is 43.8 Å². The molecule has 9 N–H and O–H groups in total. The Morgan fingerprint density at radius 3 is 2.20 bits per heavy atom. The normalized spacial score (nSPS) is 14.0. The largest absolute Gasteiger partial charge is 0.508 e. The quantitative estimate of drug-likeness (QED) is 0.0899. The molecule has 0 aliphatic heterocycles. The van der Waals surface area contributed by atoms with E-state index in [4.69, 9.17) is 10.9 Å². The number of phenolic OH excluding ortho intramolecular Hbond substituents is 1. The molecule has 242 valence electrons.